The van der Waals surface area contributed by atoms with E-state index in [1.807, 2.05) is 13.8 Å². The molecule has 0 spiro atoms. The number of hydrogen-bond donors (Lipinski definition) is 1. The summed E-state index contributed by atoms with van der Waals surface area (Å²) in [7, 11) is 0. The third-order valence-electron chi connectivity index (χ3n) is 2.13. The van der Waals surface area contributed by atoms with Crippen molar-refractivity contribution < 1.29 is 9.15 Å². The normalized spacial score (nSPS) is 10.3. The maximum absolute atomic E-state index is 7.15. The number of benzene rings is 1. The number of nitrogens with two attached hydrogens (primary N) is 1. The number of nitrogen functional groups attached to an aromatic ring is 1. The van der Waals surface area contributed by atoms with Gasteiger partial charge in [0, 0.05) is 5.56 Å². The molecule has 2 N–H and O–H groups in total. The molecule has 6 heteroatoms. The first-order valence-electron chi connectivity index (χ1n) is 5.37. The molecular formula is C12H12N4O2. The fraction of sp³-hybridized carbons (Fsp3) is 0.250. The minimum absolute atomic E-state index is 0.00290. The van der Waals surface area contributed by atoms with Gasteiger partial charge in [-0.15, -0.1) is 5.10 Å². The van der Waals surface area contributed by atoms with Crippen LogP contribution in [0.4, 0.5) is 11.7 Å². The van der Waals surface area contributed by atoms with Crippen molar-refractivity contribution in [2.45, 2.75) is 20.0 Å². The Labute approximate surface area is 104 Å². The van der Waals surface area contributed by atoms with Crippen LogP contribution in [0.5, 0.6) is 5.75 Å². The first-order valence-corrected chi connectivity index (χ1v) is 5.37. The Morgan fingerprint density at radius 1 is 1.39 bits per heavy atom. The SMILES string of the molecule is [C-]#[N+]c1cc(-c2nnc(N)o2)ccc1OC(C)C. The number of aromatic nitrogens is 2. The second kappa shape index (κ2) is 4.75. The fourth-order valence-corrected chi connectivity index (χ4v) is 1.44. The van der Waals surface area contributed by atoms with Crippen molar-refractivity contribution in [3.63, 3.8) is 0 Å². The Bertz CT molecular complexity index is 598. The summed E-state index contributed by atoms with van der Waals surface area (Å²) in [4.78, 5) is 3.42. The van der Waals surface area contributed by atoms with Gasteiger partial charge < -0.3 is 14.9 Å². The van der Waals surface area contributed by atoms with Crippen molar-refractivity contribution in [1.82, 2.24) is 10.2 Å². The number of anilines is 1. The molecule has 0 amide bonds. The summed E-state index contributed by atoms with van der Waals surface area (Å²) >= 11 is 0. The van der Waals surface area contributed by atoms with Gasteiger partial charge in [-0.2, -0.15) is 0 Å². The molecule has 1 heterocycles. The molecule has 0 aliphatic heterocycles. The molecule has 0 unspecified atom stereocenters. The van der Waals surface area contributed by atoms with Crippen LogP contribution in [0.1, 0.15) is 13.8 Å². The molecule has 0 fully saturated rings. The van der Waals surface area contributed by atoms with Crippen molar-refractivity contribution >= 4 is 11.7 Å². The number of hydrogen-bond acceptors (Lipinski definition) is 5. The molecular weight excluding hydrogens is 232 g/mol. The van der Waals surface area contributed by atoms with Crippen molar-refractivity contribution in [2.24, 2.45) is 0 Å². The fourth-order valence-electron chi connectivity index (χ4n) is 1.44. The van der Waals surface area contributed by atoms with Gasteiger partial charge in [-0.3, -0.25) is 0 Å². The van der Waals surface area contributed by atoms with E-state index in [1.54, 1.807) is 18.2 Å². The molecule has 2 aromatic rings. The van der Waals surface area contributed by atoms with Crippen LogP contribution in [0.2, 0.25) is 0 Å². The molecule has 18 heavy (non-hydrogen) atoms. The van der Waals surface area contributed by atoms with E-state index in [0.717, 1.165) is 0 Å². The average Bonchev–Trinajstić information content (AvgIpc) is 2.75. The summed E-state index contributed by atoms with van der Waals surface area (Å²) in [6.45, 7) is 11.0. The Hall–Kier alpha value is -2.55. The molecule has 0 atom stereocenters. The molecule has 6 nitrogen and oxygen atoms in total. The summed E-state index contributed by atoms with van der Waals surface area (Å²) in [5.41, 5.74) is 6.40. The van der Waals surface area contributed by atoms with Crippen LogP contribution < -0.4 is 10.5 Å². The molecule has 1 aromatic heterocycles. The second-order valence-electron chi connectivity index (χ2n) is 3.91. The lowest BCUT2D eigenvalue weighted by molar-refractivity contribution is 0.244. The summed E-state index contributed by atoms with van der Waals surface area (Å²) in [5.74, 6) is 0.824. The maximum Gasteiger partial charge on any atom is 0.313 e. The van der Waals surface area contributed by atoms with Crippen LogP contribution in [0, 0.1) is 6.57 Å². The Morgan fingerprint density at radius 3 is 2.72 bits per heavy atom. The van der Waals surface area contributed by atoms with Crippen LogP contribution in [-0.2, 0) is 0 Å². The molecule has 1 aromatic carbocycles. The highest BCUT2D eigenvalue weighted by atomic mass is 16.5. The van der Waals surface area contributed by atoms with Gasteiger partial charge in [-0.05, 0) is 32.0 Å². The van der Waals surface area contributed by atoms with E-state index in [2.05, 4.69) is 15.0 Å². The molecule has 0 saturated carbocycles. The van der Waals surface area contributed by atoms with Crippen LogP contribution in [0.25, 0.3) is 16.3 Å². The smallest absolute Gasteiger partial charge is 0.313 e. The standard InChI is InChI=1S/C12H12N4O2/c1-7(2)17-10-5-4-8(6-9(10)14-3)11-15-16-12(13)18-11/h4-7H,1-2H3,(H2,13,16). The second-order valence-corrected chi connectivity index (χ2v) is 3.91. The Balaban J connectivity index is 2.39. The predicted molar refractivity (Wildman–Crippen MR) is 66.2 cm³/mol. The lowest BCUT2D eigenvalue weighted by Gasteiger charge is -2.11. The van der Waals surface area contributed by atoms with E-state index in [-0.39, 0.29) is 18.0 Å². The highest BCUT2D eigenvalue weighted by molar-refractivity contribution is 5.68. The van der Waals surface area contributed by atoms with Gasteiger partial charge >= 0.3 is 6.01 Å². The largest absolute Gasteiger partial charge is 0.502 e. The van der Waals surface area contributed by atoms with E-state index >= 15 is 0 Å². The third-order valence-corrected chi connectivity index (χ3v) is 2.13. The lowest BCUT2D eigenvalue weighted by atomic mass is 10.2. The maximum atomic E-state index is 7.15. The topological polar surface area (TPSA) is 78.5 Å². The zero-order valence-corrected chi connectivity index (χ0v) is 10.0. The summed E-state index contributed by atoms with van der Waals surface area (Å²) < 4.78 is 10.6. The molecule has 0 aliphatic carbocycles. The van der Waals surface area contributed by atoms with Crippen molar-refractivity contribution in [3.05, 3.63) is 29.6 Å². The first kappa shape index (κ1) is 11.9. The first-order chi connectivity index (χ1) is 8.60. The van der Waals surface area contributed by atoms with Gasteiger partial charge in [0.15, 0.2) is 0 Å². The molecule has 92 valence electrons. The summed E-state index contributed by atoms with van der Waals surface area (Å²) in [6.07, 6.45) is 0.00963. The summed E-state index contributed by atoms with van der Waals surface area (Å²) in [6, 6.07) is 5.09. The van der Waals surface area contributed by atoms with Crippen LogP contribution in [-0.4, -0.2) is 16.3 Å². The highest BCUT2D eigenvalue weighted by Gasteiger charge is 2.11. The number of rotatable bonds is 3. The van der Waals surface area contributed by atoms with Gasteiger partial charge in [0.25, 0.3) is 0 Å². The van der Waals surface area contributed by atoms with E-state index in [9.17, 15) is 0 Å². The third kappa shape index (κ3) is 2.40. The zero-order valence-electron chi connectivity index (χ0n) is 10.0. The predicted octanol–water partition coefficient (Wildman–Crippen LogP) is 2.66. The van der Waals surface area contributed by atoms with Gasteiger partial charge in [0.05, 0.1) is 12.7 Å². The quantitative estimate of drug-likeness (QED) is 0.839. The lowest BCUT2D eigenvalue weighted by Crippen LogP contribution is -2.05. The molecule has 0 saturated heterocycles. The van der Waals surface area contributed by atoms with E-state index in [0.29, 0.717) is 17.0 Å². The number of ether oxygens (including phenoxy) is 1. The van der Waals surface area contributed by atoms with Crippen LogP contribution in [0.3, 0.4) is 0 Å². The van der Waals surface area contributed by atoms with Gasteiger partial charge in [-0.1, -0.05) is 5.10 Å². The molecule has 0 aliphatic rings. The monoisotopic (exact) mass is 244 g/mol. The van der Waals surface area contributed by atoms with Crippen molar-refractivity contribution in [3.8, 4) is 17.2 Å². The van der Waals surface area contributed by atoms with Crippen LogP contribution >= 0.6 is 0 Å². The van der Waals surface area contributed by atoms with E-state index < -0.39 is 0 Å². The molecule has 2 rings (SSSR count). The molecule has 0 radical (unpaired) electrons. The van der Waals surface area contributed by atoms with Crippen LogP contribution in [0.15, 0.2) is 22.6 Å². The zero-order chi connectivity index (χ0) is 13.1. The van der Waals surface area contributed by atoms with E-state index in [1.165, 1.54) is 0 Å². The Morgan fingerprint density at radius 2 is 2.17 bits per heavy atom. The van der Waals surface area contributed by atoms with Gasteiger partial charge in [-0.25, -0.2) is 4.85 Å². The van der Waals surface area contributed by atoms with Crippen molar-refractivity contribution in [2.75, 3.05) is 5.73 Å². The minimum atomic E-state index is -0.00290. The minimum Gasteiger partial charge on any atom is -0.502 e. The van der Waals surface area contributed by atoms with Crippen molar-refractivity contribution in [1.29, 1.82) is 0 Å². The average molecular weight is 244 g/mol. The van der Waals surface area contributed by atoms with E-state index in [4.69, 9.17) is 21.5 Å². The Kier molecular flexibility index (Phi) is 3.15. The highest BCUT2D eigenvalue weighted by Crippen LogP contribution is 2.33. The van der Waals surface area contributed by atoms with Gasteiger partial charge in [0.1, 0.15) is 5.75 Å². The summed E-state index contributed by atoms with van der Waals surface area (Å²) in [5, 5.41) is 7.34. The number of nitrogens with zero attached hydrogens (tertiary/aromatic N) is 3. The molecule has 0 bridgehead atoms. The van der Waals surface area contributed by atoms with Gasteiger partial charge in [0.2, 0.25) is 11.6 Å².